The number of aromatic nitrogens is 3. The van der Waals surface area contributed by atoms with E-state index in [1.54, 1.807) is 28.7 Å². The molecule has 2 heterocycles. The second kappa shape index (κ2) is 4.97. The predicted octanol–water partition coefficient (Wildman–Crippen LogP) is 0.414. The molecule has 7 heteroatoms. The summed E-state index contributed by atoms with van der Waals surface area (Å²) in [7, 11) is 1.72. The SMILES string of the molecule is CC(NC(=O)c1cnn(C)c1-n1cccc1)C(=O)O. The quantitative estimate of drug-likeness (QED) is 0.835. The van der Waals surface area contributed by atoms with Crippen LogP contribution in [0.4, 0.5) is 0 Å². The van der Waals surface area contributed by atoms with Gasteiger partial charge in [-0.25, -0.2) is 0 Å². The van der Waals surface area contributed by atoms with Crippen LogP contribution in [0.3, 0.4) is 0 Å². The van der Waals surface area contributed by atoms with Gasteiger partial charge in [-0.1, -0.05) is 0 Å². The van der Waals surface area contributed by atoms with Crippen molar-refractivity contribution in [3.8, 4) is 5.82 Å². The maximum Gasteiger partial charge on any atom is 0.325 e. The van der Waals surface area contributed by atoms with Gasteiger partial charge in [0.25, 0.3) is 5.91 Å². The fourth-order valence-corrected chi connectivity index (χ4v) is 1.71. The third kappa shape index (κ3) is 2.49. The van der Waals surface area contributed by atoms with Crippen LogP contribution in [0, 0.1) is 0 Å². The van der Waals surface area contributed by atoms with Gasteiger partial charge in [-0.2, -0.15) is 5.10 Å². The van der Waals surface area contributed by atoms with E-state index in [0.717, 1.165) is 0 Å². The summed E-state index contributed by atoms with van der Waals surface area (Å²) in [4.78, 5) is 22.8. The Labute approximate surface area is 109 Å². The first-order valence-corrected chi connectivity index (χ1v) is 5.69. The largest absolute Gasteiger partial charge is 0.480 e. The second-order valence-corrected chi connectivity index (χ2v) is 4.13. The van der Waals surface area contributed by atoms with Gasteiger partial charge in [0.1, 0.15) is 17.4 Å². The molecule has 19 heavy (non-hydrogen) atoms. The summed E-state index contributed by atoms with van der Waals surface area (Å²) in [6, 6.07) is 2.70. The number of aliphatic carboxylic acids is 1. The average Bonchev–Trinajstić information content (AvgIpc) is 2.97. The highest BCUT2D eigenvalue weighted by molar-refractivity contribution is 5.98. The van der Waals surface area contributed by atoms with Gasteiger partial charge in [0, 0.05) is 19.4 Å². The third-order valence-corrected chi connectivity index (χ3v) is 2.72. The number of rotatable bonds is 4. The zero-order valence-corrected chi connectivity index (χ0v) is 10.6. The van der Waals surface area contributed by atoms with E-state index in [4.69, 9.17) is 5.11 Å². The Morgan fingerprint density at radius 3 is 2.58 bits per heavy atom. The van der Waals surface area contributed by atoms with E-state index in [1.165, 1.54) is 13.1 Å². The number of hydrogen-bond donors (Lipinski definition) is 2. The van der Waals surface area contributed by atoms with Gasteiger partial charge in [0.05, 0.1) is 6.20 Å². The maximum atomic E-state index is 12.0. The number of carboxylic acid groups (broad SMARTS) is 1. The van der Waals surface area contributed by atoms with Crippen LogP contribution in [0.5, 0.6) is 0 Å². The zero-order chi connectivity index (χ0) is 14.0. The Morgan fingerprint density at radius 2 is 2.00 bits per heavy atom. The molecule has 0 bridgehead atoms. The highest BCUT2D eigenvalue weighted by Crippen LogP contribution is 2.13. The fraction of sp³-hybridized carbons (Fsp3) is 0.250. The molecule has 2 rings (SSSR count). The van der Waals surface area contributed by atoms with Gasteiger partial charge in [-0.05, 0) is 19.1 Å². The van der Waals surface area contributed by atoms with Crippen LogP contribution in [0.15, 0.2) is 30.7 Å². The van der Waals surface area contributed by atoms with E-state index < -0.39 is 17.9 Å². The van der Waals surface area contributed by atoms with Crippen molar-refractivity contribution in [2.24, 2.45) is 7.05 Å². The van der Waals surface area contributed by atoms with Crippen LogP contribution in [-0.4, -0.2) is 37.4 Å². The zero-order valence-electron chi connectivity index (χ0n) is 10.6. The number of carbonyl (C=O) groups excluding carboxylic acids is 1. The van der Waals surface area contributed by atoms with Crippen molar-refractivity contribution in [2.45, 2.75) is 13.0 Å². The molecule has 2 N–H and O–H groups in total. The summed E-state index contributed by atoms with van der Waals surface area (Å²) in [5.74, 6) is -0.966. The molecule has 1 amide bonds. The summed E-state index contributed by atoms with van der Waals surface area (Å²) in [6.45, 7) is 1.41. The fourth-order valence-electron chi connectivity index (χ4n) is 1.71. The van der Waals surface area contributed by atoms with Crippen LogP contribution in [0.2, 0.25) is 0 Å². The van der Waals surface area contributed by atoms with Gasteiger partial charge in [-0.3, -0.25) is 14.3 Å². The van der Waals surface area contributed by atoms with Crippen molar-refractivity contribution >= 4 is 11.9 Å². The Hall–Kier alpha value is -2.57. The molecule has 0 saturated heterocycles. The number of carbonyl (C=O) groups is 2. The molecule has 0 fully saturated rings. The Morgan fingerprint density at radius 1 is 1.37 bits per heavy atom. The van der Waals surface area contributed by atoms with E-state index in [9.17, 15) is 9.59 Å². The normalized spacial score (nSPS) is 12.1. The third-order valence-electron chi connectivity index (χ3n) is 2.72. The van der Waals surface area contributed by atoms with Crippen molar-refractivity contribution < 1.29 is 14.7 Å². The second-order valence-electron chi connectivity index (χ2n) is 4.13. The number of hydrogen-bond acceptors (Lipinski definition) is 3. The van der Waals surface area contributed by atoms with E-state index in [2.05, 4.69) is 10.4 Å². The minimum absolute atomic E-state index is 0.326. The lowest BCUT2D eigenvalue weighted by atomic mass is 10.2. The smallest absolute Gasteiger partial charge is 0.325 e. The van der Waals surface area contributed by atoms with Gasteiger partial charge in [0.15, 0.2) is 0 Å². The van der Waals surface area contributed by atoms with E-state index in [1.807, 2.05) is 12.1 Å². The van der Waals surface area contributed by atoms with Gasteiger partial charge >= 0.3 is 5.97 Å². The molecule has 0 aromatic carbocycles. The van der Waals surface area contributed by atoms with Crippen molar-refractivity contribution in [2.75, 3.05) is 0 Å². The molecule has 0 saturated carbocycles. The first-order valence-electron chi connectivity index (χ1n) is 5.69. The van der Waals surface area contributed by atoms with Crippen LogP contribution < -0.4 is 5.32 Å². The molecule has 7 nitrogen and oxygen atoms in total. The highest BCUT2D eigenvalue weighted by Gasteiger charge is 2.21. The van der Waals surface area contributed by atoms with Crippen molar-refractivity contribution in [1.82, 2.24) is 19.7 Å². The molecule has 0 radical (unpaired) electrons. The van der Waals surface area contributed by atoms with Crippen LogP contribution in [0.1, 0.15) is 17.3 Å². The molecule has 0 aliphatic rings. The van der Waals surface area contributed by atoms with Gasteiger partial charge < -0.3 is 15.0 Å². The lowest BCUT2D eigenvalue weighted by Crippen LogP contribution is -2.38. The van der Waals surface area contributed by atoms with Crippen molar-refractivity contribution in [3.63, 3.8) is 0 Å². The van der Waals surface area contributed by atoms with Crippen LogP contribution in [-0.2, 0) is 11.8 Å². The van der Waals surface area contributed by atoms with Gasteiger partial charge in [-0.15, -0.1) is 0 Å². The molecule has 0 spiro atoms. The standard InChI is InChI=1S/C12H14N4O3/c1-8(12(18)19)14-10(17)9-7-13-15(2)11(9)16-5-3-4-6-16/h3-8H,1-2H3,(H,14,17)(H,18,19). The van der Waals surface area contributed by atoms with Crippen LogP contribution >= 0.6 is 0 Å². The minimum atomic E-state index is -1.08. The molecular formula is C12H14N4O3. The molecule has 2 aromatic rings. The van der Waals surface area contributed by atoms with E-state index in [-0.39, 0.29) is 0 Å². The van der Waals surface area contributed by atoms with Crippen molar-refractivity contribution in [3.05, 3.63) is 36.3 Å². The Bertz CT molecular complexity index is 601. The topological polar surface area (TPSA) is 89.2 Å². The molecule has 0 aliphatic heterocycles. The summed E-state index contributed by atoms with van der Waals surface area (Å²) >= 11 is 0. The molecular weight excluding hydrogens is 248 g/mol. The summed E-state index contributed by atoms with van der Waals surface area (Å²) in [5, 5.41) is 15.2. The summed E-state index contributed by atoms with van der Waals surface area (Å²) in [6.07, 6.45) is 4.99. The number of amides is 1. The Kier molecular flexibility index (Phi) is 3.37. The van der Waals surface area contributed by atoms with E-state index in [0.29, 0.717) is 11.4 Å². The summed E-state index contributed by atoms with van der Waals surface area (Å²) < 4.78 is 3.30. The van der Waals surface area contributed by atoms with Gasteiger partial charge in [0.2, 0.25) is 0 Å². The van der Waals surface area contributed by atoms with Crippen LogP contribution in [0.25, 0.3) is 5.82 Å². The molecule has 1 unspecified atom stereocenters. The predicted molar refractivity (Wildman–Crippen MR) is 67.1 cm³/mol. The number of nitrogens with one attached hydrogen (secondary N) is 1. The van der Waals surface area contributed by atoms with Crippen molar-refractivity contribution in [1.29, 1.82) is 0 Å². The molecule has 0 aliphatic carbocycles. The Balaban J connectivity index is 2.31. The maximum absolute atomic E-state index is 12.0. The first-order chi connectivity index (χ1) is 9.00. The number of nitrogens with zero attached hydrogens (tertiary/aromatic N) is 3. The average molecular weight is 262 g/mol. The molecule has 100 valence electrons. The van der Waals surface area contributed by atoms with E-state index >= 15 is 0 Å². The highest BCUT2D eigenvalue weighted by atomic mass is 16.4. The number of carboxylic acids is 1. The minimum Gasteiger partial charge on any atom is -0.480 e. The summed E-state index contributed by atoms with van der Waals surface area (Å²) in [5.41, 5.74) is 0.326. The lowest BCUT2D eigenvalue weighted by molar-refractivity contribution is -0.138. The number of aryl methyl sites for hydroxylation is 1. The first kappa shape index (κ1) is 12.9. The monoisotopic (exact) mass is 262 g/mol. The lowest BCUT2D eigenvalue weighted by Gasteiger charge is -2.10. The molecule has 1 atom stereocenters. The molecule has 2 aromatic heterocycles.